The summed E-state index contributed by atoms with van der Waals surface area (Å²) in [5, 5.41) is 13.9. The largest absolute Gasteiger partial charge is 0.433 e. The Balaban J connectivity index is 1.61. The highest BCUT2D eigenvalue weighted by Gasteiger charge is 2.36. The Morgan fingerprint density at radius 2 is 2.12 bits per heavy atom. The third-order valence-corrected chi connectivity index (χ3v) is 3.67. The molecule has 3 heterocycles. The van der Waals surface area contributed by atoms with Gasteiger partial charge in [0.1, 0.15) is 10.7 Å². The van der Waals surface area contributed by atoms with Gasteiger partial charge in [-0.3, -0.25) is 15.0 Å². The number of nitro groups is 1. The average molecular weight is 237 g/mol. The number of rotatable bonds is 3. The summed E-state index contributed by atoms with van der Waals surface area (Å²) >= 11 is 0. The van der Waals surface area contributed by atoms with Gasteiger partial charge in [-0.15, -0.1) is 0 Å². The van der Waals surface area contributed by atoms with Crippen molar-refractivity contribution in [2.24, 2.45) is 11.8 Å². The minimum atomic E-state index is -0.494. The molecule has 1 N–H and O–H groups in total. The van der Waals surface area contributed by atoms with E-state index in [9.17, 15) is 10.1 Å². The Morgan fingerprint density at radius 1 is 1.41 bits per heavy atom. The average Bonchev–Trinajstić information content (AvgIpc) is 2.91. The highest BCUT2D eigenvalue weighted by molar-refractivity contribution is 5.17. The van der Waals surface area contributed by atoms with Crippen LogP contribution in [0.25, 0.3) is 0 Å². The molecule has 0 spiro atoms. The molecule has 1 aromatic rings. The Morgan fingerprint density at radius 3 is 2.71 bits per heavy atom. The van der Waals surface area contributed by atoms with Crippen LogP contribution in [0.2, 0.25) is 0 Å². The molecule has 0 bridgehead atoms. The van der Waals surface area contributed by atoms with Crippen LogP contribution >= 0.6 is 0 Å². The van der Waals surface area contributed by atoms with E-state index in [0.29, 0.717) is 12.3 Å². The molecule has 3 rings (SSSR count). The predicted molar refractivity (Wildman–Crippen MR) is 60.5 cm³/mol. The highest BCUT2D eigenvalue weighted by atomic mass is 16.6. The van der Waals surface area contributed by atoms with Crippen LogP contribution in [0.4, 0.5) is 5.88 Å². The smallest absolute Gasteiger partial charge is 0.404 e. The first-order valence-corrected chi connectivity index (χ1v) is 5.88. The molecule has 1 aromatic heterocycles. The molecule has 2 unspecified atom stereocenters. The fourth-order valence-electron chi connectivity index (χ4n) is 2.85. The lowest BCUT2D eigenvalue weighted by Gasteiger charge is -2.14. The van der Waals surface area contributed by atoms with Crippen LogP contribution < -0.4 is 5.32 Å². The summed E-state index contributed by atoms with van der Waals surface area (Å²) in [4.78, 5) is 12.3. The molecule has 0 radical (unpaired) electrons. The van der Waals surface area contributed by atoms with E-state index in [4.69, 9.17) is 4.42 Å². The van der Waals surface area contributed by atoms with Gasteiger partial charge in [0.15, 0.2) is 0 Å². The molecule has 0 amide bonds. The Kier molecular flexibility index (Phi) is 2.60. The Labute approximate surface area is 98.7 Å². The van der Waals surface area contributed by atoms with Crippen molar-refractivity contribution in [2.45, 2.75) is 6.54 Å². The monoisotopic (exact) mass is 237 g/mol. The van der Waals surface area contributed by atoms with Crippen LogP contribution in [0.5, 0.6) is 0 Å². The molecule has 2 aliphatic heterocycles. The quantitative estimate of drug-likeness (QED) is 0.623. The minimum absolute atomic E-state index is 0.166. The number of nitrogens with zero attached hydrogens (tertiary/aromatic N) is 2. The summed E-state index contributed by atoms with van der Waals surface area (Å²) < 4.78 is 5.17. The molecule has 2 aliphatic rings. The van der Waals surface area contributed by atoms with Crippen molar-refractivity contribution in [3.8, 4) is 0 Å². The summed E-state index contributed by atoms with van der Waals surface area (Å²) in [6.07, 6.45) is 0. The molecule has 2 atom stereocenters. The molecular formula is C11H15N3O3. The van der Waals surface area contributed by atoms with Gasteiger partial charge in [-0.05, 0) is 31.0 Å². The zero-order valence-electron chi connectivity index (χ0n) is 9.46. The van der Waals surface area contributed by atoms with Gasteiger partial charge in [0.2, 0.25) is 0 Å². The van der Waals surface area contributed by atoms with Gasteiger partial charge in [-0.1, -0.05) is 0 Å². The number of nitrogens with one attached hydrogen (secondary N) is 1. The van der Waals surface area contributed by atoms with Crippen LogP contribution in [0.15, 0.2) is 16.5 Å². The van der Waals surface area contributed by atoms with Crippen LogP contribution in [-0.4, -0.2) is 36.0 Å². The van der Waals surface area contributed by atoms with E-state index in [1.54, 1.807) is 6.07 Å². The van der Waals surface area contributed by atoms with Gasteiger partial charge in [0, 0.05) is 13.1 Å². The topological polar surface area (TPSA) is 71.6 Å². The lowest BCUT2D eigenvalue weighted by atomic mass is 10.0. The van der Waals surface area contributed by atoms with Gasteiger partial charge in [0.25, 0.3) is 0 Å². The molecule has 0 aromatic carbocycles. The van der Waals surface area contributed by atoms with Crippen LogP contribution in [0.1, 0.15) is 5.76 Å². The second-order valence-electron chi connectivity index (χ2n) is 4.87. The summed E-state index contributed by atoms with van der Waals surface area (Å²) in [5.74, 6) is 1.99. The van der Waals surface area contributed by atoms with Crippen molar-refractivity contribution < 1.29 is 9.34 Å². The molecule has 92 valence electrons. The third-order valence-electron chi connectivity index (χ3n) is 3.67. The van der Waals surface area contributed by atoms with Gasteiger partial charge in [0.05, 0.1) is 12.6 Å². The molecule has 17 heavy (non-hydrogen) atoms. The standard InChI is InChI=1S/C11H15N3O3/c15-14(16)11-2-1-10(17-11)7-13-5-8-3-12-4-9(8)6-13/h1-2,8-9,12H,3-7H2. The van der Waals surface area contributed by atoms with Gasteiger partial charge in [-0.2, -0.15) is 0 Å². The number of furan rings is 1. The highest BCUT2D eigenvalue weighted by Crippen LogP contribution is 2.28. The van der Waals surface area contributed by atoms with Crippen LogP contribution in [0.3, 0.4) is 0 Å². The first kappa shape index (κ1) is 10.7. The van der Waals surface area contributed by atoms with Crippen molar-refractivity contribution in [3.63, 3.8) is 0 Å². The van der Waals surface area contributed by atoms with E-state index >= 15 is 0 Å². The number of hydrogen-bond donors (Lipinski definition) is 1. The summed E-state index contributed by atoms with van der Waals surface area (Å²) in [6, 6.07) is 3.12. The first-order valence-electron chi connectivity index (χ1n) is 5.88. The molecule has 2 fully saturated rings. The third kappa shape index (κ3) is 2.05. The van der Waals surface area contributed by atoms with Gasteiger partial charge >= 0.3 is 5.88 Å². The SMILES string of the molecule is O=[N+]([O-])c1ccc(CN2CC3CNCC3C2)o1. The van der Waals surface area contributed by atoms with E-state index in [1.807, 2.05) is 0 Å². The number of hydrogen-bond acceptors (Lipinski definition) is 5. The van der Waals surface area contributed by atoms with E-state index < -0.39 is 4.92 Å². The van der Waals surface area contributed by atoms with Gasteiger partial charge in [-0.25, -0.2) is 0 Å². The molecule has 0 aliphatic carbocycles. The van der Waals surface area contributed by atoms with Crippen LogP contribution in [0, 0.1) is 22.0 Å². The summed E-state index contributed by atoms with van der Waals surface area (Å²) in [5.41, 5.74) is 0. The zero-order valence-corrected chi connectivity index (χ0v) is 9.46. The lowest BCUT2D eigenvalue weighted by molar-refractivity contribution is -0.402. The molecular weight excluding hydrogens is 222 g/mol. The van der Waals surface area contributed by atoms with Crippen molar-refractivity contribution >= 4 is 5.88 Å². The normalized spacial score (nSPS) is 28.5. The fraction of sp³-hybridized carbons (Fsp3) is 0.636. The second kappa shape index (κ2) is 4.12. The van der Waals surface area contributed by atoms with E-state index in [-0.39, 0.29) is 5.88 Å². The van der Waals surface area contributed by atoms with Crippen molar-refractivity contribution in [1.29, 1.82) is 0 Å². The first-order chi connectivity index (χ1) is 8.22. The number of fused-ring (bicyclic) bond motifs is 1. The maximum absolute atomic E-state index is 10.5. The van der Waals surface area contributed by atoms with Crippen molar-refractivity contribution in [2.75, 3.05) is 26.2 Å². The maximum atomic E-state index is 10.5. The fourth-order valence-corrected chi connectivity index (χ4v) is 2.85. The molecule has 6 nitrogen and oxygen atoms in total. The minimum Gasteiger partial charge on any atom is -0.404 e. The van der Waals surface area contributed by atoms with E-state index in [2.05, 4.69) is 10.2 Å². The Hall–Kier alpha value is -1.40. The molecule has 6 heteroatoms. The number of likely N-dealkylation sites (tertiary alicyclic amines) is 1. The Bertz CT molecular complexity index is 419. The predicted octanol–water partition coefficient (Wildman–Crippen LogP) is 0.839. The van der Waals surface area contributed by atoms with Gasteiger partial charge < -0.3 is 9.73 Å². The summed E-state index contributed by atoms with van der Waals surface area (Å²) in [7, 11) is 0. The van der Waals surface area contributed by atoms with Crippen LogP contribution in [-0.2, 0) is 6.54 Å². The van der Waals surface area contributed by atoms with E-state index in [1.165, 1.54) is 6.07 Å². The molecule has 2 saturated heterocycles. The zero-order chi connectivity index (χ0) is 11.8. The van der Waals surface area contributed by atoms with Crippen molar-refractivity contribution in [1.82, 2.24) is 10.2 Å². The maximum Gasteiger partial charge on any atom is 0.433 e. The molecule has 0 saturated carbocycles. The lowest BCUT2D eigenvalue weighted by Crippen LogP contribution is -2.25. The van der Waals surface area contributed by atoms with E-state index in [0.717, 1.165) is 38.0 Å². The second-order valence-corrected chi connectivity index (χ2v) is 4.87. The summed E-state index contributed by atoms with van der Waals surface area (Å²) in [6.45, 7) is 5.00. The van der Waals surface area contributed by atoms with Crippen molar-refractivity contribution in [3.05, 3.63) is 28.0 Å².